The Morgan fingerprint density at radius 2 is 2.11 bits per heavy atom. The van der Waals surface area contributed by atoms with Crippen molar-refractivity contribution >= 4 is 0 Å². The highest BCUT2D eigenvalue weighted by Gasteiger charge is 1.92. The Labute approximate surface area is 55.7 Å². The fourth-order valence-electron chi connectivity index (χ4n) is 0.403. The highest BCUT2D eigenvalue weighted by Crippen LogP contribution is 2.01. The fraction of sp³-hybridized carbons (Fsp3) is 0.571. The van der Waals surface area contributed by atoms with E-state index < -0.39 is 0 Å². The van der Waals surface area contributed by atoms with Crippen molar-refractivity contribution in [3.8, 4) is 6.07 Å². The van der Waals surface area contributed by atoms with E-state index in [1.807, 2.05) is 13.0 Å². The van der Waals surface area contributed by atoms with Gasteiger partial charge in [-0.2, -0.15) is 5.26 Å². The molecular formula is C7H11NO. The van der Waals surface area contributed by atoms with E-state index in [1.165, 1.54) is 0 Å². The highest BCUT2D eigenvalue weighted by molar-refractivity contribution is 5.20. The van der Waals surface area contributed by atoms with Crippen LogP contribution in [0.25, 0.3) is 0 Å². The maximum Gasteiger partial charge on any atom is 0.106 e. The molecule has 0 aliphatic carbocycles. The molecule has 0 bridgehead atoms. The second kappa shape index (κ2) is 3.96. The number of allylic oxidation sites excluding steroid dienone is 2. The Morgan fingerprint density at radius 3 is 2.44 bits per heavy atom. The quantitative estimate of drug-likeness (QED) is 0.416. The van der Waals surface area contributed by atoms with Crippen LogP contribution in [0, 0.1) is 11.3 Å². The first-order valence-corrected chi connectivity index (χ1v) is 2.92. The molecule has 2 nitrogen and oxygen atoms in total. The summed E-state index contributed by atoms with van der Waals surface area (Å²) in [6.45, 7) is 6.06. The molecule has 0 aromatic heterocycles. The molecule has 0 saturated carbocycles. The Kier molecular flexibility index (Phi) is 3.54. The lowest BCUT2D eigenvalue weighted by Gasteiger charge is -2.01. The summed E-state index contributed by atoms with van der Waals surface area (Å²) >= 11 is 0. The molecule has 0 atom stereocenters. The summed E-state index contributed by atoms with van der Waals surface area (Å²) in [5.41, 5.74) is 0.650. The summed E-state index contributed by atoms with van der Waals surface area (Å²) < 4.78 is 5.05. The maximum absolute atomic E-state index is 8.34. The standard InChI is InChI=1S/C7H11NO/c1-4-9-7(3)6(2)5-8/h4H2,1-3H3/b7-6-. The summed E-state index contributed by atoms with van der Waals surface area (Å²) in [5, 5.41) is 8.34. The number of ether oxygens (including phenoxy) is 1. The predicted molar refractivity (Wildman–Crippen MR) is 35.6 cm³/mol. The molecule has 0 saturated heterocycles. The van der Waals surface area contributed by atoms with Crippen LogP contribution in [0.15, 0.2) is 11.3 Å². The lowest BCUT2D eigenvalue weighted by atomic mass is 10.3. The Hall–Kier alpha value is -0.970. The van der Waals surface area contributed by atoms with Gasteiger partial charge in [0, 0.05) is 0 Å². The number of nitrogens with zero attached hydrogens (tertiary/aromatic N) is 1. The topological polar surface area (TPSA) is 33.0 Å². The van der Waals surface area contributed by atoms with Gasteiger partial charge in [-0.1, -0.05) is 0 Å². The zero-order valence-electron chi connectivity index (χ0n) is 6.06. The third kappa shape index (κ3) is 2.76. The average molecular weight is 125 g/mol. The molecule has 0 heterocycles. The minimum absolute atomic E-state index is 0.630. The molecule has 50 valence electrons. The smallest absolute Gasteiger partial charge is 0.106 e. The predicted octanol–water partition coefficient (Wildman–Crippen LogP) is 1.84. The van der Waals surface area contributed by atoms with Crippen LogP contribution in [0.1, 0.15) is 20.8 Å². The molecule has 0 unspecified atom stereocenters. The van der Waals surface area contributed by atoms with Crippen LogP contribution >= 0.6 is 0 Å². The molecule has 0 N–H and O–H groups in total. The van der Waals surface area contributed by atoms with Gasteiger partial charge in [-0.05, 0) is 20.8 Å². The third-order valence-electron chi connectivity index (χ3n) is 1.06. The summed E-state index contributed by atoms with van der Waals surface area (Å²) in [4.78, 5) is 0. The van der Waals surface area contributed by atoms with E-state index >= 15 is 0 Å². The second-order valence-corrected chi connectivity index (χ2v) is 1.73. The van der Waals surface area contributed by atoms with Crippen molar-refractivity contribution in [3.05, 3.63) is 11.3 Å². The van der Waals surface area contributed by atoms with Crippen molar-refractivity contribution in [2.45, 2.75) is 20.8 Å². The third-order valence-corrected chi connectivity index (χ3v) is 1.06. The van der Waals surface area contributed by atoms with Crippen molar-refractivity contribution in [2.24, 2.45) is 0 Å². The molecule has 0 amide bonds. The SMILES string of the molecule is CCO/C(C)=C(/C)C#N. The van der Waals surface area contributed by atoms with Crippen LogP contribution in [0.2, 0.25) is 0 Å². The van der Waals surface area contributed by atoms with Gasteiger partial charge in [0.05, 0.1) is 18.2 Å². The van der Waals surface area contributed by atoms with Crippen LogP contribution in [0.4, 0.5) is 0 Å². The van der Waals surface area contributed by atoms with Crippen LogP contribution < -0.4 is 0 Å². The van der Waals surface area contributed by atoms with Gasteiger partial charge in [-0.15, -0.1) is 0 Å². The molecule has 0 radical (unpaired) electrons. The molecule has 0 aliphatic rings. The van der Waals surface area contributed by atoms with E-state index in [1.54, 1.807) is 13.8 Å². The van der Waals surface area contributed by atoms with Crippen molar-refractivity contribution in [2.75, 3.05) is 6.61 Å². The van der Waals surface area contributed by atoms with Gasteiger partial charge in [0.15, 0.2) is 0 Å². The van der Waals surface area contributed by atoms with Crippen molar-refractivity contribution in [1.29, 1.82) is 5.26 Å². The monoisotopic (exact) mass is 125 g/mol. The van der Waals surface area contributed by atoms with E-state index in [0.29, 0.717) is 12.2 Å². The first-order valence-electron chi connectivity index (χ1n) is 2.92. The molecule has 0 rings (SSSR count). The minimum Gasteiger partial charge on any atom is -0.498 e. The first kappa shape index (κ1) is 8.03. The second-order valence-electron chi connectivity index (χ2n) is 1.73. The van der Waals surface area contributed by atoms with Crippen LogP contribution in [0.3, 0.4) is 0 Å². The molecule has 9 heavy (non-hydrogen) atoms. The molecule has 0 aliphatic heterocycles. The fourth-order valence-corrected chi connectivity index (χ4v) is 0.403. The molecule has 0 aromatic rings. The molecule has 0 aromatic carbocycles. The normalized spacial score (nSPS) is 11.8. The Balaban J connectivity index is 3.98. The Bertz CT molecular complexity index is 153. The maximum atomic E-state index is 8.34. The highest BCUT2D eigenvalue weighted by atomic mass is 16.5. The van der Waals surface area contributed by atoms with Crippen molar-refractivity contribution < 1.29 is 4.74 Å². The van der Waals surface area contributed by atoms with Gasteiger partial charge >= 0.3 is 0 Å². The van der Waals surface area contributed by atoms with Gasteiger partial charge < -0.3 is 4.74 Å². The number of rotatable bonds is 2. The van der Waals surface area contributed by atoms with E-state index in [2.05, 4.69) is 0 Å². The van der Waals surface area contributed by atoms with Crippen molar-refractivity contribution in [3.63, 3.8) is 0 Å². The van der Waals surface area contributed by atoms with E-state index in [9.17, 15) is 0 Å². The lowest BCUT2D eigenvalue weighted by molar-refractivity contribution is 0.229. The summed E-state index contributed by atoms with van der Waals surface area (Å²) in [6, 6.07) is 2.00. The molecular weight excluding hydrogens is 114 g/mol. The molecule has 2 heteroatoms. The number of hydrogen-bond acceptors (Lipinski definition) is 2. The van der Waals surface area contributed by atoms with E-state index in [4.69, 9.17) is 10.00 Å². The van der Waals surface area contributed by atoms with E-state index in [0.717, 1.165) is 5.76 Å². The first-order chi connectivity index (χ1) is 4.22. The zero-order valence-corrected chi connectivity index (χ0v) is 6.06. The van der Waals surface area contributed by atoms with Crippen molar-refractivity contribution in [1.82, 2.24) is 0 Å². The average Bonchev–Trinajstić information content (AvgIpc) is 1.87. The van der Waals surface area contributed by atoms with Crippen LogP contribution in [-0.4, -0.2) is 6.61 Å². The summed E-state index contributed by atoms with van der Waals surface area (Å²) in [7, 11) is 0. The van der Waals surface area contributed by atoms with Crippen LogP contribution in [0.5, 0.6) is 0 Å². The zero-order chi connectivity index (χ0) is 7.28. The number of hydrogen-bond donors (Lipinski definition) is 0. The van der Waals surface area contributed by atoms with Gasteiger partial charge in [-0.25, -0.2) is 0 Å². The number of nitriles is 1. The molecule has 0 spiro atoms. The van der Waals surface area contributed by atoms with Gasteiger partial charge in [0.2, 0.25) is 0 Å². The lowest BCUT2D eigenvalue weighted by Crippen LogP contribution is -1.88. The van der Waals surface area contributed by atoms with Gasteiger partial charge in [0.25, 0.3) is 0 Å². The summed E-state index contributed by atoms with van der Waals surface area (Å²) in [6.07, 6.45) is 0. The Morgan fingerprint density at radius 1 is 1.56 bits per heavy atom. The minimum atomic E-state index is 0.630. The molecule has 0 fully saturated rings. The van der Waals surface area contributed by atoms with E-state index in [-0.39, 0.29) is 0 Å². The van der Waals surface area contributed by atoms with Gasteiger partial charge in [-0.3, -0.25) is 0 Å². The van der Waals surface area contributed by atoms with Crippen LogP contribution in [-0.2, 0) is 4.74 Å². The summed E-state index contributed by atoms with van der Waals surface area (Å²) in [5.74, 6) is 0.722. The largest absolute Gasteiger partial charge is 0.498 e. The van der Waals surface area contributed by atoms with Gasteiger partial charge in [0.1, 0.15) is 5.76 Å².